The van der Waals surface area contributed by atoms with Crippen molar-refractivity contribution in [3.05, 3.63) is 29.8 Å². The van der Waals surface area contributed by atoms with Crippen LogP contribution in [0.4, 0.5) is 27.6 Å². The zero-order valence-corrected chi connectivity index (χ0v) is 10.4. The summed E-state index contributed by atoms with van der Waals surface area (Å²) in [6.45, 7) is 0.681. The number of hydrogen-bond donors (Lipinski definition) is 1. The lowest BCUT2D eigenvalue weighted by atomic mass is 10.2. The van der Waals surface area contributed by atoms with Gasteiger partial charge in [-0.3, -0.25) is 4.79 Å². The van der Waals surface area contributed by atoms with Crippen molar-refractivity contribution >= 4 is 11.6 Å². The Kier molecular flexibility index (Phi) is 4.15. The zero-order chi connectivity index (χ0) is 15.7. The highest BCUT2D eigenvalue weighted by atomic mass is 19.4. The van der Waals surface area contributed by atoms with Crippen LogP contribution in [0.2, 0.25) is 0 Å². The van der Waals surface area contributed by atoms with E-state index in [9.17, 15) is 26.7 Å². The number of halogens is 5. The number of anilines is 1. The van der Waals surface area contributed by atoms with Gasteiger partial charge in [-0.25, -0.2) is 0 Å². The summed E-state index contributed by atoms with van der Waals surface area (Å²) in [5.41, 5.74) is 0.196. The van der Waals surface area contributed by atoms with E-state index in [4.69, 9.17) is 9.47 Å². The second-order valence-corrected chi connectivity index (χ2v) is 4.23. The van der Waals surface area contributed by atoms with Gasteiger partial charge in [-0.2, -0.15) is 22.0 Å². The topological polar surface area (TPSA) is 47.6 Å². The monoisotopic (exact) mass is 311 g/mol. The first-order valence-electron chi connectivity index (χ1n) is 5.81. The molecule has 1 aromatic rings. The summed E-state index contributed by atoms with van der Waals surface area (Å²) in [4.78, 5) is 11.1. The minimum absolute atomic E-state index is 0.208. The molecule has 1 amide bonds. The van der Waals surface area contributed by atoms with E-state index in [1.54, 1.807) is 0 Å². The lowest BCUT2D eigenvalue weighted by Gasteiger charge is -2.19. The molecule has 0 bridgehead atoms. The molecule has 1 aliphatic heterocycles. The van der Waals surface area contributed by atoms with E-state index in [1.165, 1.54) is 29.6 Å². The maximum Gasteiger partial charge on any atom is 0.463 e. The molecule has 21 heavy (non-hydrogen) atoms. The molecule has 1 saturated heterocycles. The first-order valence-corrected chi connectivity index (χ1v) is 5.81. The Labute approximate surface area is 115 Å². The molecule has 9 heteroatoms. The van der Waals surface area contributed by atoms with Gasteiger partial charge in [0.1, 0.15) is 0 Å². The highest BCUT2D eigenvalue weighted by Gasteiger charge is 2.63. The Morgan fingerprint density at radius 2 is 1.76 bits per heavy atom. The van der Waals surface area contributed by atoms with Crippen LogP contribution in [0.25, 0.3) is 0 Å². The number of nitrogens with one attached hydrogen (secondary N) is 1. The summed E-state index contributed by atoms with van der Waals surface area (Å²) >= 11 is 0. The van der Waals surface area contributed by atoms with E-state index in [0.717, 1.165) is 0 Å². The largest absolute Gasteiger partial charge is 0.463 e. The van der Waals surface area contributed by atoms with Crippen molar-refractivity contribution < 1.29 is 36.2 Å². The fourth-order valence-corrected chi connectivity index (χ4v) is 1.65. The van der Waals surface area contributed by atoms with Crippen LogP contribution in [-0.2, 0) is 14.3 Å². The third-order valence-corrected chi connectivity index (χ3v) is 2.68. The summed E-state index contributed by atoms with van der Waals surface area (Å²) < 4.78 is 72.1. The molecule has 1 heterocycles. The minimum Gasteiger partial charge on any atom is -0.346 e. The normalized spacial score (nSPS) is 17.0. The van der Waals surface area contributed by atoms with E-state index in [2.05, 4.69) is 0 Å². The van der Waals surface area contributed by atoms with E-state index >= 15 is 0 Å². The molecule has 0 aromatic heterocycles. The van der Waals surface area contributed by atoms with Crippen molar-refractivity contribution in [2.45, 2.75) is 18.4 Å². The number of carbonyl (C=O) groups is 1. The second-order valence-electron chi connectivity index (χ2n) is 4.23. The van der Waals surface area contributed by atoms with Gasteiger partial charge in [0.25, 0.3) is 0 Å². The van der Waals surface area contributed by atoms with Gasteiger partial charge in [0.2, 0.25) is 0 Å². The summed E-state index contributed by atoms with van der Waals surface area (Å²) in [6.07, 6.45) is -6.68. The van der Waals surface area contributed by atoms with Crippen LogP contribution < -0.4 is 5.32 Å². The predicted octanol–water partition coefficient (Wildman–Crippen LogP) is 2.87. The van der Waals surface area contributed by atoms with Gasteiger partial charge in [-0.05, 0) is 12.1 Å². The van der Waals surface area contributed by atoms with Crippen molar-refractivity contribution in [2.75, 3.05) is 18.5 Å². The number of ether oxygens (including phenoxy) is 2. The molecule has 4 nitrogen and oxygen atoms in total. The van der Waals surface area contributed by atoms with Crippen LogP contribution in [0.3, 0.4) is 0 Å². The second kappa shape index (κ2) is 5.57. The zero-order valence-electron chi connectivity index (χ0n) is 10.4. The Bertz CT molecular complexity index is 526. The van der Waals surface area contributed by atoms with Crippen LogP contribution in [0, 0.1) is 0 Å². The van der Waals surface area contributed by atoms with Gasteiger partial charge < -0.3 is 14.8 Å². The maximum atomic E-state index is 12.8. The third kappa shape index (κ3) is 3.30. The van der Waals surface area contributed by atoms with Crippen LogP contribution >= 0.6 is 0 Å². The quantitative estimate of drug-likeness (QED) is 0.873. The van der Waals surface area contributed by atoms with E-state index in [1.807, 2.05) is 0 Å². The van der Waals surface area contributed by atoms with Gasteiger partial charge in [-0.15, -0.1) is 0 Å². The lowest BCUT2D eigenvalue weighted by Crippen LogP contribution is -2.47. The van der Waals surface area contributed by atoms with Crippen molar-refractivity contribution in [1.29, 1.82) is 0 Å². The lowest BCUT2D eigenvalue weighted by molar-refractivity contribution is -0.267. The molecule has 1 N–H and O–H groups in total. The Morgan fingerprint density at radius 1 is 1.14 bits per heavy atom. The molecule has 0 spiro atoms. The molecule has 1 aromatic carbocycles. The van der Waals surface area contributed by atoms with Crippen LogP contribution in [-0.4, -0.2) is 31.2 Å². The summed E-state index contributed by atoms with van der Waals surface area (Å²) in [6, 6.07) is 5.30. The number of amides is 1. The van der Waals surface area contributed by atoms with Crippen LogP contribution in [0.1, 0.15) is 11.9 Å². The highest BCUT2D eigenvalue weighted by Crippen LogP contribution is 2.36. The van der Waals surface area contributed by atoms with Crippen molar-refractivity contribution in [2.24, 2.45) is 0 Å². The number of benzene rings is 1. The number of rotatable bonds is 3. The maximum absolute atomic E-state index is 12.8. The van der Waals surface area contributed by atoms with E-state index in [0.29, 0.717) is 18.8 Å². The Hall–Kier alpha value is -1.74. The summed E-state index contributed by atoms with van der Waals surface area (Å²) in [5, 5.41) is 1.53. The molecule has 0 radical (unpaired) electrons. The van der Waals surface area contributed by atoms with Gasteiger partial charge in [0.05, 0.1) is 13.2 Å². The smallest absolute Gasteiger partial charge is 0.346 e. The average Bonchev–Trinajstić information content (AvgIpc) is 2.91. The molecule has 1 aliphatic rings. The van der Waals surface area contributed by atoms with Gasteiger partial charge in [-0.1, -0.05) is 12.1 Å². The van der Waals surface area contributed by atoms with E-state index < -0.39 is 24.3 Å². The fraction of sp³-hybridized carbons (Fsp3) is 0.417. The molecule has 0 atom stereocenters. The Balaban J connectivity index is 2.13. The number of carbonyl (C=O) groups excluding carboxylic acids is 1. The molecule has 116 valence electrons. The number of alkyl halides is 5. The van der Waals surface area contributed by atoms with Gasteiger partial charge in [0.15, 0.2) is 6.29 Å². The molecule has 2 rings (SSSR count). The molecule has 0 unspecified atom stereocenters. The van der Waals surface area contributed by atoms with Crippen molar-refractivity contribution in [3.8, 4) is 0 Å². The van der Waals surface area contributed by atoms with Crippen LogP contribution in [0.5, 0.6) is 0 Å². The minimum atomic E-state index is -5.95. The first kappa shape index (κ1) is 15.6. The van der Waals surface area contributed by atoms with Crippen molar-refractivity contribution in [3.63, 3.8) is 0 Å². The van der Waals surface area contributed by atoms with Crippen LogP contribution in [0.15, 0.2) is 24.3 Å². The van der Waals surface area contributed by atoms with Gasteiger partial charge >= 0.3 is 18.0 Å². The predicted molar refractivity (Wildman–Crippen MR) is 60.7 cm³/mol. The summed E-state index contributed by atoms with van der Waals surface area (Å²) in [7, 11) is 0. The van der Waals surface area contributed by atoms with E-state index in [-0.39, 0.29) is 5.69 Å². The first-order chi connectivity index (χ1) is 9.72. The molecule has 1 fully saturated rings. The highest BCUT2D eigenvalue weighted by molar-refractivity contribution is 5.96. The molecule has 0 aliphatic carbocycles. The third-order valence-electron chi connectivity index (χ3n) is 2.68. The SMILES string of the molecule is O=C(Nc1cccc(C2OCCO2)c1)C(F)(F)C(F)(F)F. The average molecular weight is 311 g/mol. The Morgan fingerprint density at radius 3 is 2.33 bits per heavy atom. The molecule has 0 saturated carbocycles. The molecular formula is C12H10F5NO3. The molecular weight excluding hydrogens is 301 g/mol. The van der Waals surface area contributed by atoms with Crippen molar-refractivity contribution in [1.82, 2.24) is 0 Å². The number of hydrogen-bond acceptors (Lipinski definition) is 3. The fourth-order valence-electron chi connectivity index (χ4n) is 1.65. The van der Waals surface area contributed by atoms with Gasteiger partial charge in [0, 0.05) is 11.3 Å². The standard InChI is InChI=1S/C12H10F5NO3/c13-11(14,12(15,16)17)10(19)18-8-3-1-2-7(6-8)9-20-4-5-21-9/h1-3,6,9H,4-5H2,(H,18,19). The summed E-state index contributed by atoms with van der Waals surface area (Å²) in [5.74, 6) is -7.91.